The molecule has 1 saturated heterocycles. The lowest BCUT2D eigenvalue weighted by Gasteiger charge is -2.36. The van der Waals surface area contributed by atoms with Gasteiger partial charge in [-0.05, 0) is 38.0 Å². The fraction of sp³-hybridized carbons (Fsp3) is 0.632. The van der Waals surface area contributed by atoms with E-state index in [2.05, 4.69) is 36.1 Å². The summed E-state index contributed by atoms with van der Waals surface area (Å²) in [5.74, 6) is 0.0332. The predicted octanol–water partition coefficient (Wildman–Crippen LogP) is 2.09. The molecule has 0 saturated carbocycles. The number of sulfonamides is 1. The summed E-state index contributed by atoms with van der Waals surface area (Å²) in [7, 11) is -3.30. The van der Waals surface area contributed by atoms with Gasteiger partial charge in [-0.2, -0.15) is 4.31 Å². The van der Waals surface area contributed by atoms with Gasteiger partial charge >= 0.3 is 0 Å². The second-order valence-electron chi connectivity index (χ2n) is 7.09. The largest absolute Gasteiger partial charge is 0.368 e. The van der Waals surface area contributed by atoms with Crippen LogP contribution >= 0.6 is 0 Å². The third kappa shape index (κ3) is 5.45. The molecule has 1 unspecified atom stereocenters. The highest BCUT2D eigenvalue weighted by Crippen LogP contribution is 2.18. The van der Waals surface area contributed by atoms with Crippen LogP contribution in [0.3, 0.4) is 0 Å². The van der Waals surface area contributed by atoms with Gasteiger partial charge in [0.25, 0.3) is 0 Å². The van der Waals surface area contributed by atoms with Gasteiger partial charge in [0.2, 0.25) is 15.9 Å². The van der Waals surface area contributed by atoms with Crippen molar-refractivity contribution in [1.82, 2.24) is 9.21 Å². The number of amides is 1. The second-order valence-corrected chi connectivity index (χ2v) is 9.02. The Morgan fingerprint density at radius 3 is 2.42 bits per heavy atom. The SMILES string of the molecule is CCC(C)N(CCC(=O)N1CCN(c2cccc(C)c2)CC1)S(C)(=O)=O. The molecule has 1 aromatic rings. The van der Waals surface area contributed by atoms with E-state index < -0.39 is 10.0 Å². The van der Waals surface area contributed by atoms with Crippen molar-refractivity contribution >= 4 is 21.6 Å². The molecule has 7 heteroatoms. The Morgan fingerprint density at radius 2 is 1.88 bits per heavy atom. The molecule has 0 bridgehead atoms. The van der Waals surface area contributed by atoms with Crippen LogP contribution < -0.4 is 4.90 Å². The third-order valence-electron chi connectivity index (χ3n) is 5.05. The first-order valence-corrected chi connectivity index (χ1v) is 11.1. The van der Waals surface area contributed by atoms with E-state index in [1.54, 1.807) is 0 Å². The molecule has 0 aromatic heterocycles. The first kappa shape index (κ1) is 20.7. The van der Waals surface area contributed by atoms with Gasteiger partial charge in [0.1, 0.15) is 0 Å². The number of hydrogen-bond donors (Lipinski definition) is 0. The van der Waals surface area contributed by atoms with Crippen molar-refractivity contribution in [3.8, 4) is 0 Å². The van der Waals surface area contributed by atoms with E-state index in [1.807, 2.05) is 18.7 Å². The third-order valence-corrected chi connectivity index (χ3v) is 6.45. The number of nitrogens with zero attached hydrogens (tertiary/aromatic N) is 3. The number of aryl methyl sites for hydroxylation is 1. The maximum absolute atomic E-state index is 12.5. The van der Waals surface area contributed by atoms with Gasteiger partial charge in [-0.25, -0.2) is 8.42 Å². The Morgan fingerprint density at radius 1 is 1.23 bits per heavy atom. The molecular formula is C19H31N3O3S. The maximum atomic E-state index is 12.5. The summed E-state index contributed by atoms with van der Waals surface area (Å²) in [6.45, 7) is 9.12. The van der Waals surface area contributed by atoms with E-state index in [-0.39, 0.29) is 24.9 Å². The molecule has 0 radical (unpaired) electrons. The van der Waals surface area contributed by atoms with Crippen LogP contribution in [0.1, 0.15) is 32.3 Å². The van der Waals surface area contributed by atoms with Crippen LogP contribution in [0.15, 0.2) is 24.3 Å². The van der Waals surface area contributed by atoms with Crippen molar-refractivity contribution in [3.05, 3.63) is 29.8 Å². The highest BCUT2D eigenvalue weighted by Gasteiger charge is 2.25. The van der Waals surface area contributed by atoms with Crippen LogP contribution in [0.4, 0.5) is 5.69 Å². The lowest BCUT2D eigenvalue weighted by atomic mass is 10.2. The quantitative estimate of drug-likeness (QED) is 0.726. The smallest absolute Gasteiger partial charge is 0.224 e. The summed E-state index contributed by atoms with van der Waals surface area (Å²) < 4.78 is 25.3. The summed E-state index contributed by atoms with van der Waals surface area (Å²) in [6.07, 6.45) is 2.18. The molecule has 0 aliphatic carbocycles. The van der Waals surface area contributed by atoms with Gasteiger partial charge in [-0.15, -0.1) is 0 Å². The minimum absolute atomic E-state index is 0.0332. The topological polar surface area (TPSA) is 60.9 Å². The molecule has 6 nitrogen and oxygen atoms in total. The number of carbonyl (C=O) groups is 1. The van der Waals surface area contributed by atoms with Crippen LogP contribution in [0.2, 0.25) is 0 Å². The fourth-order valence-corrected chi connectivity index (χ4v) is 4.55. The van der Waals surface area contributed by atoms with E-state index in [9.17, 15) is 13.2 Å². The molecule has 1 heterocycles. The number of carbonyl (C=O) groups excluding carboxylic acids is 1. The van der Waals surface area contributed by atoms with Gasteiger partial charge in [-0.3, -0.25) is 4.79 Å². The number of rotatable bonds is 7. The molecule has 0 N–H and O–H groups in total. The Labute approximate surface area is 157 Å². The molecule has 0 spiro atoms. The van der Waals surface area contributed by atoms with Crippen LogP contribution in [-0.2, 0) is 14.8 Å². The van der Waals surface area contributed by atoms with Crippen molar-refractivity contribution in [2.24, 2.45) is 0 Å². The molecule has 26 heavy (non-hydrogen) atoms. The number of anilines is 1. The number of piperazine rings is 1. The first-order chi connectivity index (χ1) is 12.2. The first-order valence-electron chi connectivity index (χ1n) is 9.28. The van der Waals surface area contributed by atoms with Crippen LogP contribution in [0, 0.1) is 6.92 Å². The molecule has 146 valence electrons. The second kappa shape index (κ2) is 8.86. The van der Waals surface area contributed by atoms with Gasteiger partial charge in [-0.1, -0.05) is 19.1 Å². The molecular weight excluding hydrogens is 350 g/mol. The summed E-state index contributed by atoms with van der Waals surface area (Å²) >= 11 is 0. The zero-order valence-electron chi connectivity index (χ0n) is 16.3. The lowest BCUT2D eigenvalue weighted by molar-refractivity contribution is -0.131. The van der Waals surface area contributed by atoms with Gasteiger partial charge in [0, 0.05) is 50.9 Å². The van der Waals surface area contributed by atoms with Crippen molar-refractivity contribution in [2.45, 2.75) is 39.7 Å². The van der Waals surface area contributed by atoms with E-state index in [0.29, 0.717) is 13.1 Å². The summed E-state index contributed by atoms with van der Waals surface area (Å²) in [5.41, 5.74) is 2.42. The summed E-state index contributed by atoms with van der Waals surface area (Å²) in [4.78, 5) is 16.7. The Balaban J connectivity index is 1.88. The minimum atomic E-state index is -3.30. The van der Waals surface area contributed by atoms with Gasteiger partial charge in [0.05, 0.1) is 6.26 Å². The van der Waals surface area contributed by atoms with Crippen LogP contribution in [0.25, 0.3) is 0 Å². The number of hydrogen-bond acceptors (Lipinski definition) is 4. The van der Waals surface area contributed by atoms with E-state index in [4.69, 9.17) is 0 Å². The average Bonchev–Trinajstić information content (AvgIpc) is 2.60. The standard InChI is InChI=1S/C19H31N3O3S/c1-5-17(3)22(26(4,24)25)10-9-19(23)21-13-11-20(12-14-21)18-8-6-7-16(2)15-18/h6-8,15,17H,5,9-14H2,1-4H3. The van der Waals surface area contributed by atoms with Crippen LogP contribution in [0.5, 0.6) is 0 Å². The van der Waals surface area contributed by atoms with Crippen molar-refractivity contribution in [2.75, 3.05) is 43.9 Å². The van der Waals surface area contributed by atoms with Gasteiger partial charge < -0.3 is 9.80 Å². The van der Waals surface area contributed by atoms with E-state index in [0.717, 1.165) is 19.5 Å². The highest BCUT2D eigenvalue weighted by molar-refractivity contribution is 7.88. The minimum Gasteiger partial charge on any atom is -0.368 e. The predicted molar refractivity (Wildman–Crippen MR) is 106 cm³/mol. The molecule has 1 aromatic carbocycles. The van der Waals surface area contributed by atoms with Crippen LogP contribution in [-0.4, -0.2) is 68.6 Å². The van der Waals surface area contributed by atoms with E-state index >= 15 is 0 Å². The zero-order chi connectivity index (χ0) is 19.3. The molecule has 1 aliphatic rings. The van der Waals surface area contributed by atoms with Gasteiger partial charge in [0.15, 0.2) is 0 Å². The Hall–Kier alpha value is -1.60. The monoisotopic (exact) mass is 381 g/mol. The maximum Gasteiger partial charge on any atom is 0.224 e. The highest BCUT2D eigenvalue weighted by atomic mass is 32.2. The molecule has 1 amide bonds. The Bertz CT molecular complexity index is 712. The Kier molecular flexibility index (Phi) is 7.06. The molecule has 1 aliphatic heterocycles. The van der Waals surface area contributed by atoms with Crippen molar-refractivity contribution < 1.29 is 13.2 Å². The van der Waals surface area contributed by atoms with Crippen molar-refractivity contribution in [1.29, 1.82) is 0 Å². The van der Waals surface area contributed by atoms with E-state index in [1.165, 1.54) is 21.8 Å². The zero-order valence-corrected chi connectivity index (χ0v) is 17.1. The lowest BCUT2D eigenvalue weighted by Crippen LogP contribution is -2.49. The normalized spacial score (nSPS) is 16.8. The summed E-state index contributed by atoms with van der Waals surface area (Å²) in [6, 6.07) is 8.30. The number of benzene rings is 1. The fourth-order valence-electron chi connectivity index (χ4n) is 3.32. The average molecular weight is 382 g/mol. The molecule has 1 atom stereocenters. The molecule has 1 fully saturated rings. The summed E-state index contributed by atoms with van der Waals surface area (Å²) in [5, 5.41) is 0. The van der Waals surface area contributed by atoms with Crippen molar-refractivity contribution in [3.63, 3.8) is 0 Å². The molecule has 2 rings (SSSR count).